The highest BCUT2D eigenvalue weighted by atomic mass is 14.3. The second-order valence-electron chi connectivity index (χ2n) is 5.81. The lowest BCUT2D eigenvalue weighted by molar-refractivity contribution is 0.511. The van der Waals surface area contributed by atoms with Crippen LogP contribution in [0, 0.1) is 13.8 Å². The standard InChI is InChI=1S/C19H24/c1-5-14-19(4,17-10-6-15(2)7-11-17)18-12-8-16(3)9-13-18/h6-13H,5,14H2,1-4H3. The maximum Gasteiger partial charge on any atom is 0.0174 e. The first kappa shape index (κ1) is 13.9. The lowest BCUT2D eigenvalue weighted by Gasteiger charge is -2.31. The zero-order valence-corrected chi connectivity index (χ0v) is 12.5. The van der Waals surface area contributed by atoms with Crippen LogP contribution in [0.5, 0.6) is 0 Å². The molecule has 0 radical (unpaired) electrons. The van der Waals surface area contributed by atoms with Crippen molar-refractivity contribution in [3.8, 4) is 0 Å². The summed E-state index contributed by atoms with van der Waals surface area (Å²) in [6, 6.07) is 18.0. The summed E-state index contributed by atoms with van der Waals surface area (Å²) >= 11 is 0. The topological polar surface area (TPSA) is 0 Å². The normalized spacial score (nSPS) is 11.6. The van der Waals surface area contributed by atoms with E-state index in [0.29, 0.717) is 0 Å². The number of hydrogen-bond donors (Lipinski definition) is 0. The van der Waals surface area contributed by atoms with Gasteiger partial charge in [0.05, 0.1) is 0 Å². The number of hydrogen-bond acceptors (Lipinski definition) is 0. The van der Waals surface area contributed by atoms with E-state index < -0.39 is 0 Å². The minimum atomic E-state index is 0.121. The summed E-state index contributed by atoms with van der Waals surface area (Å²) in [6.07, 6.45) is 2.37. The molecule has 100 valence electrons. The summed E-state index contributed by atoms with van der Waals surface area (Å²) in [4.78, 5) is 0. The molecular weight excluding hydrogens is 228 g/mol. The molecule has 2 rings (SSSR count). The molecule has 0 atom stereocenters. The van der Waals surface area contributed by atoms with E-state index in [1.165, 1.54) is 35.1 Å². The van der Waals surface area contributed by atoms with Gasteiger partial charge in [0.1, 0.15) is 0 Å². The van der Waals surface area contributed by atoms with Crippen molar-refractivity contribution in [3.63, 3.8) is 0 Å². The first-order valence-corrected chi connectivity index (χ1v) is 7.20. The Kier molecular flexibility index (Phi) is 4.09. The van der Waals surface area contributed by atoms with E-state index >= 15 is 0 Å². The molecule has 0 heteroatoms. The summed E-state index contributed by atoms with van der Waals surface area (Å²) in [5.41, 5.74) is 5.61. The highest BCUT2D eigenvalue weighted by Crippen LogP contribution is 2.36. The van der Waals surface area contributed by atoms with Crippen molar-refractivity contribution in [1.82, 2.24) is 0 Å². The van der Waals surface area contributed by atoms with Crippen LogP contribution in [0.4, 0.5) is 0 Å². The van der Waals surface area contributed by atoms with E-state index in [0.717, 1.165) is 0 Å². The second kappa shape index (κ2) is 5.61. The van der Waals surface area contributed by atoms with Crippen LogP contribution in [-0.4, -0.2) is 0 Å². The van der Waals surface area contributed by atoms with Crippen LogP contribution in [0.15, 0.2) is 48.5 Å². The van der Waals surface area contributed by atoms with Crippen LogP contribution in [0.2, 0.25) is 0 Å². The fraction of sp³-hybridized carbons (Fsp3) is 0.368. The molecule has 0 unspecified atom stereocenters. The van der Waals surface area contributed by atoms with Gasteiger partial charge in [-0.3, -0.25) is 0 Å². The van der Waals surface area contributed by atoms with Gasteiger partial charge in [-0.2, -0.15) is 0 Å². The van der Waals surface area contributed by atoms with Gasteiger partial charge in [-0.05, 0) is 31.4 Å². The monoisotopic (exact) mass is 252 g/mol. The van der Waals surface area contributed by atoms with Gasteiger partial charge < -0.3 is 0 Å². The van der Waals surface area contributed by atoms with E-state index in [-0.39, 0.29) is 5.41 Å². The first-order chi connectivity index (χ1) is 9.06. The van der Waals surface area contributed by atoms with E-state index in [4.69, 9.17) is 0 Å². The molecule has 0 heterocycles. The zero-order chi connectivity index (χ0) is 13.9. The molecule has 0 spiro atoms. The van der Waals surface area contributed by atoms with Crippen LogP contribution < -0.4 is 0 Å². The third kappa shape index (κ3) is 2.89. The van der Waals surface area contributed by atoms with E-state index in [1.54, 1.807) is 0 Å². The summed E-state index contributed by atoms with van der Waals surface area (Å²) < 4.78 is 0. The SMILES string of the molecule is CCCC(C)(c1ccc(C)cc1)c1ccc(C)cc1. The number of rotatable bonds is 4. The molecule has 0 aliphatic rings. The van der Waals surface area contributed by atoms with Gasteiger partial charge in [-0.15, -0.1) is 0 Å². The van der Waals surface area contributed by atoms with Crippen LogP contribution in [0.1, 0.15) is 48.9 Å². The summed E-state index contributed by atoms with van der Waals surface area (Å²) in [7, 11) is 0. The molecule has 0 aromatic heterocycles. The predicted octanol–water partition coefficient (Wildman–Crippen LogP) is 5.41. The third-order valence-electron chi connectivity index (χ3n) is 4.13. The Labute approximate surface area is 117 Å². The molecule has 0 nitrogen and oxygen atoms in total. The lowest BCUT2D eigenvalue weighted by atomic mass is 9.73. The molecule has 0 amide bonds. The number of aryl methyl sites for hydroxylation is 2. The minimum Gasteiger partial charge on any atom is -0.0653 e. The van der Waals surface area contributed by atoms with Crippen molar-refractivity contribution in [3.05, 3.63) is 70.8 Å². The zero-order valence-electron chi connectivity index (χ0n) is 12.5. The van der Waals surface area contributed by atoms with E-state index in [9.17, 15) is 0 Å². The van der Waals surface area contributed by atoms with Crippen molar-refractivity contribution in [2.45, 2.75) is 46.0 Å². The smallest absolute Gasteiger partial charge is 0.0174 e. The van der Waals surface area contributed by atoms with Gasteiger partial charge in [-0.1, -0.05) is 79.9 Å². The van der Waals surface area contributed by atoms with Gasteiger partial charge >= 0.3 is 0 Å². The molecule has 0 bridgehead atoms. The van der Waals surface area contributed by atoms with Crippen molar-refractivity contribution in [1.29, 1.82) is 0 Å². The second-order valence-corrected chi connectivity index (χ2v) is 5.81. The fourth-order valence-electron chi connectivity index (χ4n) is 2.80. The highest BCUT2D eigenvalue weighted by molar-refractivity contribution is 5.40. The van der Waals surface area contributed by atoms with E-state index in [1.807, 2.05) is 0 Å². The quantitative estimate of drug-likeness (QED) is 0.682. The Morgan fingerprint density at radius 3 is 1.42 bits per heavy atom. The van der Waals surface area contributed by atoms with E-state index in [2.05, 4.69) is 76.2 Å². The van der Waals surface area contributed by atoms with Gasteiger partial charge in [0.2, 0.25) is 0 Å². The Balaban J connectivity index is 2.47. The Hall–Kier alpha value is -1.56. The molecule has 0 aliphatic carbocycles. The van der Waals surface area contributed by atoms with Crippen LogP contribution in [-0.2, 0) is 5.41 Å². The third-order valence-corrected chi connectivity index (χ3v) is 4.13. The van der Waals surface area contributed by atoms with Crippen LogP contribution >= 0.6 is 0 Å². The molecule has 0 saturated heterocycles. The molecule has 2 aromatic carbocycles. The molecule has 0 aliphatic heterocycles. The van der Waals surface area contributed by atoms with Crippen molar-refractivity contribution in [2.75, 3.05) is 0 Å². The number of benzene rings is 2. The lowest BCUT2D eigenvalue weighted by Crippen LogP contribution is -2.23. The predicted molar refractivity (Wildman–Crippen MR) is 83.7 cm³/mol. The first-order valence-electron chi connectivity index (χ1n) is 7.20. The summed E-state index contributed by atoms with van der Waals surface area (Å²) in [5.74, 6) is 0. The minimum absolute atomic E-state index is 0.121. The van der Waals surface area contributed by atoms with Crippen molar-refractivity contribution >= 4 is 0 Å². The van der Waals surface area contributed by atoms with Crippen molar-refractivity contribution in [2.24, 2.45) is 0 Å². The Morgan fingerprint density at radius 1 is 0.737 bits per heavy atom. The average molecular weight is 252 g/mol. The fourth-order valence-corrected chi connectivity index (χ4v) is 2.80. The van der Waals surface area contributed by atoms with Gasteiger partial charge in [-0.25, -0.2) is 0 Å². The summed E-state index contributed by atoms with van der Waals surface area (Å²) in [6.45, 7) is 8.92. The molecule has 0 N–H and O–H groups in total. The van der Waals surface area contributed by atoms with Crippen molar-refractivity contribution < 1.29 is 0 Å². The van der Waals surface area contributed by atoms with Crippen LogP contribution in [0.25, 0.3) is 0 Å². The maximum atomic E-state index is 2.37. The highest BCUT2D eigenvalue weighted by Gasteiger charge is 2.27. The maximum absolute atomic E-state index is 2.37. The molecule has 0 fully saturated rings. The van der Waals surface area contributed by atoms with Crippen LogP contribution in [0.3, 0.4) is 0 Å². The Bertz CT molecular complexity index is 471. The molecule has 2 aromatic rings. The van der Waals surface area contributed by atoms with Gasteiger partial charge in [0.15, 0.2) is 0 Å². The Morgan fingerprint density at radius 2 is 1.11 bits per heavy atom. The van der Waals surface area contributed by atoms with Gasteiger partial charge in [0, 0.05) is 5.41 Å². The summed E-state index contributed by atoms with van der Waals surface area (Å²) in [5, 5.41) is 0. The molecule has 0 saturated carbocycles. The largest absolute Gasteiger partial charge is 0.0653 e. The molecule has 19 heavy (non-hydrogen) atoms. The van der Waals surface area contributed by atoms with Gasteiger partial charge in [0.25, 0.3) is 0 Å². The average Bonchev–Trinajstić information content (AvgIpc) is 2.40. The molecular formula is C19H24.